The first-order valence-electron chi connectivity index (χ1n) is 8.00. The zero-order valence-electron chi connectivity index (χ0n) is 13.6. The number of nitrogens with zero attached hydrogens (tertiary/aromatic N) is 1. The minimum absolute atomic E-state index is 0.191. The summed E-state index contributed by atoms with van der Waals surface area (Å²) < 4.78 is 12.3. The maximum Gasteiger partial charge on any atom is 0.361 e. The molecule has 0 saturated carbocycles. The molecule has 0 spiro atoms. The van der Waals surface area contributed by atoms with Crippen molar-refractivity contribution in [2.45, 2.75) is 6.92 Å². The van der Waals surface area contributed by atoms with E-state index in [1.807, 2.05) is 42.5 Å². The first kappa shape index (κ1) is 15.2. The lowest BCUT2D eigenvalue weighted by atomic mass is 10.0. The normalized spacial score (nSPS) is 11.1. The maximum atomic E-state index is 12.6. The highest BCUT2D eigenvalue weighted by Gasteiger charge is 2.24. The summed E-state index contributed by atoms with van der Waals surface area (Å²) in [4.78, 5) is 25.2. The molecule has 25 heavy (non-hydrogen) atoms. The van der Waals surface area contributed by atoms with Crippen LogP contribution in [0.2, 0.25) is 0 Å². The Morgan fingerprint density at radius 2 is 1.80 bits per heavy atom. The second-order valence-corrected chi connectivity index (χ2v) is 5.58. The van der Waals surface area contributed by atoms with Gasteiger partial charge in [0, 0.05) is 11.8 Å². The van der Waals surface area contributed by atoms with Crippen LogP contribution in [0.25, 0.3) is 27.7 Å². The Balaban J connectivity index is 2.15. The molecule has 0 unspecified atom stereocenters. The molecular formula is C20H15NO4. The Labute approximate surface area is 143 Å². The van der Waals surface area contributed by atoms with Gasteiger partial charge in [0.15, 0.2) is 5.58 Å². The van der Waals surface area contributed by atoms with Gasteiger partial charge in [0.1, 0.15) is 11.1 Å². The molecule has 2 heterocycles. The number of carbonyl (C=O) groups is 1. The number of ether oxygens (including phenoxy) is 1. The third-order valence-corrected chi connectivity index (χ3v) is 4.09. The fourth-order valence-electron chi connectivity index (χ4n) is 3.03. The number of rotatable bonds is 3. The fraction of sp³-hybridized carbons (Fsp3) is 0.100. The van der Waals surface area contributed by atoms with Crippen LogP contribution in [-0.2, 0) is 4.74 Å². The van der Waals surface area contributed by atoms with E-state index in [4.69, 9.17) is 9.15 Å². The van der Waals surface area contributed by atoms with Gasteiger partial charge in [-0.3, -0.25) is 0 Å². The smallest absolute Gasteiger partial charge is 0.361 e. The van der Waals surface area contributed by atoms with E-state index in [1.165, 1.54) is 0 Å². The average Bonchev–Trinajstić information content (AvgIpc) is 3.04. The Kier molecular flexibility index (Phi) is 3.61. The van der Waals surface area contributed by atoms with E-state index in [2.05, 4.69) is 0 Å². The lowest BCUT2D eigenvalue weighted by molar-refractivity contribution is 0.0529. The molecule has 5 nitrogen and oxygen atoms in total. The molecule has 0 amide bonds. The summed E-state index contributed by atoms with van der Waals surface area (Å²) in [6.45, 7) is 1.96. The van der Waals surface area contributed by atoms with Gasteiger partial charge in [-0.15, -0.1) is 0 Å². The lowest BCUT2D eigenvalue weighted by Crippen LogP contribution is -2.11. The van der Waals surface area contributed by atoms with Crippen molar-refractivity contribution in [2.24, 2.45) is 0 Å². The molecule has 4 aromatic rings. The van der Waals surface area contributed by atoms with Crippen LogP contribution in [0.3, 0.4) is 0 Å². The van der Waals surface area contributed by atoms with Crippen molar-refractivity contribution in [3.8, 4) is 11.1 Å². The number of benzene rings is 2. The molecule has 0 bridgehead atoms. The van der Waals surface area contributed by atoms with Crippen molar-refractivity contribution in [2.75, 3.05) is 6.61 Å². The van der Waals surface area contributed by atoms with Gasteiger partial charge in [-0.25, -0.2) is 9.59 Å². The third kappa shape index (κ3) is 2.41. The minimum atomic E-state index is -0.566. The lowest BCUT2D eigenvalue weighted by Gasteiger charge is -2.04. The molecule has 5 heteroatoms. The zero-order chi connectivity index (χ0) is 17.4. The van der Waals surface area contributed by atoms with Gasteiger partial charge in [-0.05, 0) is 24.6 Å². The Bertz CT molecular complexity index is 1140. The van der Waals surface area contributed by atoms with Gasteiger partial charge in [-0.1, -0.05) is 42.5 Å². The van der Waals surface area contributed by atoms with E-state index >= 15 is 0 Å². The molecule has 0 aliphatic carbocycles. The summed E-state index contributed by atoms with van der Waals surface area (Å²) in [6.07, 6.45) is 1.79. The Morgan fingerprint density at radius 3 is 2.56 bits per heavy atom. The SMILES string of the molecule is CCOC(=O)c1c(-c2ccccc2)cn2c1c(=O)oc1ccccc12. The summed E-state index contributed by atoms with van der Waals surface area (Å²) in [6, 6.07) is 16.7. The predicted octanol–water partition coefficient (Wildman–Crippen LogP) is 3.89. The molecule has 124 valence electrons. The number of esters is 1. The minimum Gasteiger partial charge on any atom is -0.462 e. The molecule has 0 fully saturated rings. The number of hydrogen-bond donors (Lipinski definition) is 0. The van der Waals surface area contributed by atoms with E-state index in [0.29, 0.717) is 16.7 Å². The fourth-order valence-corrected chi connectivity index (χ4v) is 3.03. The molecule has 0 atom stereocenters. The zero-order valence-corrected chi connectivity index (χ0v) is 13.6. The van der Waals surface area contributed by atoms with E-state index in [9.17, 15) is 9.59 Å². The van der Waals surface area contributed by atoms with Gasteiger partial charge in [0.2, 0.25) is 0 Å². The van der Waals surface area contributed by atoms with Crippen LogP contribution in [-0.4, -0.2) is 17.0 Å². The summed E-state index contributed by atoms with van der Waals surface area (Å²) in [5.41, 5.74) is 2.50. The number of aromatic nitrogens is 1. The first-order chi connectivity index (χ1) is 12.2. The van der Waals surface area contributed by atoms with Gasteiger partial charge >= 0.3 is 11.6 Å². The molecular weight excluding hydrogens is 318 g/mol. The van der Waals surface area contributed by atoms with E-state index in [-0.39, 0.29) is 17.7 Å². The quantitative estimate of drug-likeness (QED) is 0.534. The summed E-state index contributed by atoms with van der Waals surface area (Å²) in [5, 5.41) is 0. The third-order valence-electron chi connectivity index (χ3n) is 4.09. The highest BCUT2D eigenvalue weighted by Crippen LogP contribution is 2.30. The maximum absolute atomic E-state index is 12.6. The van der Waals surface area contributed by atoms with Gasteiger partial charge in [0.25, 0.3) is 0 Å². The number of fused-ring (bicyclic) bond motifs is 3. The molecule has 2 aromatic carbocycles. The first-order valence-corrected chi connectivity index (χ1v) is 8.00. The summed E-state index contributed by atoms with van der Waals surface area (Å²) in [5.74, 6) is -0.536. The molecule has 0 radical (unpaired) electrons. The summed E-state index contributed by atoms with van der Waals surface area (Å²) in [7, 11) is 0. The number of hydrogen-bond acceptors (Lipinski definition) is 4. The Morgan fingerprint density at radius 1 is 1.08 bits per heavy atom. The number of para-hydroxylation sites is 2. The monoisotopic (exact) mass is 333 g/mol. The Hall–Kier alpha value is -3.34. The van der Waals surface area contributed by atoms with Crippen LogP contribution < -0.4 is 5.63 Å². The molecule has 0 aliphatic rings. The van der Waals surface area contributed by atoms with E-state index in [1.54, 1.807) is 29.7 Å². The van der Waals surface area contributed by atoms with Crippen LogP contribution in [0.15, 0.2) is 70.0 Å². The second-order valence-electron chi connectivity index (χ2n) is 5.58. The van der Waals surface area contributed by atoms with Crippen molar-refractivity contribution in [3.63, 3.8) is 0 Å². The highest BCUT2D eigenvalue weighted by molar-refractivity contribution is 6.05. The van der Waals surface area contributed by atoms with Gasteiger partial charge in [0.05, 0.1) is 12.1 Å². The predicted molar refractivity (Wildman–Crippen MR) is 94.8 cm³/mol. The second kappa shape index (κ2) is 5.94. The van der Waals surface area contributed by atoms with Crippen molar-refractivity contribution >= 4 is 22.6 Å². The van der Waals surface area contributed by atoms with E-state index in [0.717, 1.165) is 5.56 Å². The topological polar surface area (TPSA) is 60.9 Å². The largest absolute Gasteiger partial charge is 0.462 e. The van der Waals surface area contributed by atoms with Crippen molar-refractivity contribution < 1.29 is 13.9 Å². The standard InChI is InChI=1S/C20H15NO4/c1-2-24-19(22)17-14(13-8-4-3-5-9-13)12-21-15-10-6-7-11-16(15)25-20(23)18(17)21/h3-12H,2H2,1H3. The molecule has 4 rings (SSSR count). The van der Waals surface area contributed by atoms with Crippen molar-refractivity contribution in [3.05, 3.63) is 76.8 Å². The van der Waals surface area contributed by atoms with Crippen molar-refractivity contribution in [1.29, 1.82) is 0 Å². The van der Waals surface area contributed by atoms with Crippen LogP contribution >= 0.6 is 0 Å². The molecule has 0 saturated heterocycles. The highest BCUT2D eigenvalue weighted by atomic mass is 16.5. The molecule has 2 aromatic heterocycles. The van der Waals surface area contributed by atoms with Crippen molar-refractivity contribution in [1.82, 2.24) is 4.40 Å². The summed E-state index contributed by atoms with van der Waals surface area (Å²) >= 11 is 0. The van der Waals surface area contributed by atoms with Gasteiger partial charge in [-0.2, -0.15) is 0 Å². The van der Waals surface area contributed by atoms with Crippen LogP contribution in [0, 0.1) is 0 Å². The van der Waals surface area contributed by atoms with Gasteiger partial charge < -0.3 is 13.6 Å². The van der Waals surface area contributed by atoms with Crippen LogP contribution in [0.5, 0.6) is 0 Å². The molecule has 0 aliphatic heterocycles. The van der Waals surface area contributed by atoms with E-state index < -0.39 is 11.6 Å². The average molecular weight is 333 g/mol. The van der Waals surface area contributed by atoms with Crippen LogP contribution in [0.4, 0.5) is 0 Å². The number of carbonyl (C=O) groups excluding carboxylic acids is 1. The molecule has 0 N–H and O–H groups in total. The van der Waals surface area contributed by atoms with Crippen LogP contribution in [0.1, 0.15) is 17.3 Å².